The molecule has 3 aromatic carbocycles. The third-order valence-corrected chi connectivity index (χ3v) is 5.78. The van der Waals surface area contributed by atoms with Crippen LogP contribution in [0.4, 0.5) is 0 Å². The van der Waals surface area contributed by atoms with E-state index >= 15 is 0 Å². The number of fused-ring (bicyclic) bond motifs is 1. The molecule has 2 amide bonds. The summed E-state index contributed by atoms with van der Waals surface area (Å²) >= 11 is 0. The van der Waals surface area contributed by atoms with Crippen molar-refractivity contribution in [1.29, 1.82) is 0 Å². The number of benzene rings is 3. The zero-order valence-electron chi connectivity index (χ0n) is 19.6. The van der Waals surface area contributed by atoms with Gasteiger partial charge in [0, 0.05) is 19.5 Å². The molecule has 32 heavy (non-hydrogen) atoms. The Hall–Kier alpha value is -3.14. The zero-order chi connectivity index (χ0) is 23.1. The molecule has 0 radical (unpaired) electrons. The normalized spacial score (nSPS) is 12.0. The van der Waals surface area contributed by atoms with Crippen LogP contribution in [0.25, 0.3) is 10.8 Å². The largest absolute Gasteiger partial charge is 0.354 e. The smallest absolute Gasteiger partial charge is 0.242 e. The number of nitrogens with one attached hydrogen (secondary N) is 1. The molecule has 1 N–H and O–H groups in total. The Bertz CT molecular complexity index is 1070. The van der Waals surface area contributed by atoms with Gasteiger partial charge in [-0.05, 0) is 48.1 Å². The van der Waals surface area contributed by atoms with Crippen LogP contribution in [0, 0.1) is 12.8 Å². The summed E-state index contributed by atoms with van der Waals surface area (Å²) in [6.07, 6.45) is 1.01. The van der Waals surface area contributed by atoms with Crippen molar-refractivity contribution in [3.05, 3.63) is 83.4 Å². The minimum Gasteiger partial charge on any atom is -0.354 e. The second-order valence-corrected chi connectivity index (χ2v) is 8.96. The van der Waals surface area contributed by atoms with Crippen molar-refractivity contribution in [2.24, 2.45) is 5.92 Å². The van der Waals surface area contributed by atoms with Gasteiger partial charge in [-0.2, -0.15) is 0 Å². The molecule has 0 aliphatic heterocycles. The van der Waals surface area contributed by atoms with Crippen molar-refractivity contribution in [2.45, 2.75) is 53.1 Å². The molecule has 1 unspecified atom stereocenters. The zero-order valence-corrected chi connectivity index (χ0v) is 19.6. The molecule has 3 aromatic rings. The Balaban J connectivity index is 1.77. The van der Waals surface area contributed by atoms with E-state index in [0.717, 1.165) is 16.7 Å². The summed E-state index contributed by atoms with van der Waals surface area (Å²) in [6.45, 7) is 9.00. The predicted octanol–water partition coefficient (Wildman–Crippen LogP) is 5.27. The first-order valence-electron chi connectivity index (χ1n) is 11.4. The summed E-state index contributed by atoms with van der Waals surface area (Å²) in [4.78, 5) is 27.9. The van der Waals surface area contributed by atoms with Crippen molar-refractivity contribution in [3.8, 4) is 0 Å². The Labute approximate surface area is 191 Å². The van der Waals surface area contributed by atoms with Crippen LogP contribution in [0.3, 0.4) is 0 Å². The van der Waals surface area contributed by atoms with Gasteiger partial charge in [0.1, 0.15) is 6.04 Å². The molecule has 0 aliphatic rings. The Morgan fingerprint density at radius 3 is 2.41 bits per heavy atom. The maximum atomic E-state index is 13.4. The topological polar surface area (TPSA) is 49.4 Å². The van der Waals surface area contributed by atoms with Gasteiger partial charge in [-0.25, -0.2) is 0 Å². The van der Waals surface area contributed by atoms with E-state index in [0.29, 0.717) is 31.8 Å². The average Bonchev–Trinajstić information content (AvgIpc) is 2.79. The van der Waals surface area contributed by atoms with Crippen LogP contribution in [0.5, 0.6) is 0 Å². The van der Waals surface area contributed by atoms with Crippen LogP contribution in [-0.2, 0) is 22.6 Å². The van der Waals surface area contributed by atoms with Gasteiger partial charge in [0.15, 0.2) is 0 Å². The second-order valence-electron chi connectivity index (χ2n) is 8.96. The monoisotopic (exact) mass is 430 g/mol. The van der Waals surface area contributed by atoms with Gasteiger partial charge in [-0.3, -0.25) is 9.59 Å². The molecule has 0 heterocycles. The molecule has 3 rings (SSSR count). The average molecular weight is 431 g/mol. The number of aryl methyl sites for hydroxylation is 2. The minimum absolute atomic E-state index is 0.00774. The highest BCUT2D eigenvalue weighted by atomic mass is 16.2. The van der Waals surface area contributed by atoms with Crippen molar-refractivity contribution in [1.82, 2.24) is 10.2 Å². The van der Waals surface area contributed by atoms with Gasteiger partial charge in [-0.1, -0.05) is 86.1 Å². The van der Waals surface area contributed by atoms with Crippen LogP contribution in [0.15, 0.2) is 66.7 Å². The third kappa shape index (κ3) is 6.19. The lowest BCUT2D eigenvalue weighted by Crippen LogP contribution is -2.48. The van der Waals surface area contributed by atoms with Crippen LogP contribution >= 0.6 is 0 Å². The molecule has 4 nitrogen and oxygen atoms in total. The summed E-state index contributed by atoms with van der Waals surface area (Å²) in [5.41, 5.74) is 3.33. The van der Waals surface area contributed by atoms with E-state index in [2.05, 4.69) is 49.5 Å². The molecule has 168 valence electrons. The molecular formula is C28H34N2O2. The maximum absolute atomic E-state index is 13.4. The highest BCUT2D eigenvalue weighted by Gasteiger charge is 2.26. The SMILES string of the molecule is Cc1cccc(CN(C(=O)CCc2cccc3ccccc23)C(C)C(=O)NCC(C)C)c1. The Kier molecular flexibility index (Phi) is 8.04. The number of hydrogen-bond donors (Lipinski definition) is 1. The highest BCUT2D eigenvalue weighted by molar-refractivity contribution is 5.88. The molecule has 0 fully saturated rings. The van der Waals surface area contributed by atoms with E-state index in [1.165, 1.54) is 10.8 Å². The van der Waals surface area contributed by atoms with Gasteiger partial charge in [0.25, 0.3) is 0 Å². The van der Waals surface area contributed by atoms with Gasteiger partial charge >= 0.3 is 0 Å². The Morgan fingerprint density at radius 2 is 1.66 bits per heavy atom. The fourth-order valence-electron chi connectivity index (χ4n) is 3.94. The quantitative estimate of drug-likeness (QED) is 0.503. The van der Waals surface area contributed by atoms with Crippen molar-refractivity contribution in [2.75, 3.05) is 6.54 Å². The minimum atomic E-state index is -0.533. The standard InChI is InChI=1S/C28H34N2O2/c1-20(2)18-29-28(32)22(4)30(19-23-10-7-9-21(3)17-23)27(31)16-15-25-13-8-12-24-11-5-6-14-26(24)25/h5-14,17,20,22H,15-16,18-19H2,1-4H3,(H,29,32). The van der Waals surface area contributed by atoms with E-state index in [-0.39, 0.29) is 11.8 Å². The molecule has 0 aliphatic carbocycles. The molecule has 0 spiro atoms. The number of rotatable bonds is 9. The lowest BCUT2D eigenvalue weighted by molar-refractivity contribution is -0.140. The van der Waals surface area contributed by atoms with Gasteiger partial charge in [0.2, 0.25) is 11.8 Å². The molecule has 0 bridgehead atoms. The third-order valence-electron chi connectivity index (χ3n) is 5.78. The molecule has 0 saturated carbocycles. The summed E-state index contributed by atoms with van der Waals surface area (Å²) < 4.78 is 0. The van der Waals surface area contributed by atoms with Crippen LogP contribution < -0.4 is 5.32 Å². The van der Waals surface area contributed by atoms with E-state index in [1.54, 1.807) is 4.90 Å². The van der Waals surface area contributed by atoms with Crippen LogP contribution in [-0.4, -0.2) is 29.3 Å². The van der Waals surface area contributed by atoms with Gasteiger partial charge < -0.3 is 10.2 Å². The molecule has 1 atom stereocenters. The van der Waals surface area contributed by atoms with Crippen molar-refractivity contribution < 1.29 is 9.59 Å². The second kappa shape index (κ2) is 10.9. The molecule has 0 aromatic heterocycles. The van der Waals surface area contributed by atoms with E-state index < -0.39 is 6.04 Å². The number of carbonyl (C=O) groups is 2. The van der Waals surface area contributed by atoms with Crippen molar-refractivity contribution in [3.63, 3.8) is 0 Å². The number of hydrogen-bond acceptors (Lipinski definition) is 2. The van der Waals surface area contributed by atoms with Gasteiger partial charge in [0.05, 0.1) is 0 Å². The maximum Gasteiger partial charge on any atom is 0.242 e. The Morgan fingerprint density at radius 1 is 0.938 bits per heavy atom. The summed E-state index contributed by atoms with van der Waals surface area (Å²) in [6, 6.07) is 22.0. The van der Waals surface area contributed by atoms with E-state index in [9.17, 15) is 9.59 Å². The molecule has 0 saturated heterocycles. The first-order valence-corrected chi connectivity index (χ1v) is 11.4. The fourth-order valence-corrected chi connectivity index (χ4v) is 3.94. The summed E-state index contributed by atoms with van der Waals surface area (Å²) in [7, 11) is 0. The summed E-state index contributed by atoms with van der Waals surface area (Å²) in [5, 5.41) is 5.33. The number of amides is 2. The fraction of sp³-hybridized carbons (Fsp3) is 0.357. The van der Waals surface area contributed by atoms with Gasteiger partial charge in [-0.15, -0.1) is 0 Å². The van der Waals surface area contributed by atoms with Crippen LogP contribution in [0.2, 0.25) is 0 Å². The summed E-state index contributed by atoms with van der Waals surface area (Å²) in [5.74, 6) is 0.245. The highest BCUT2D eigenvalue weighted by Crippen LogP contribution is 2.21. The van der Waals surface area contributed by atoms with E-state index in [4.69, 9.17) is 0 Å². The lowest BCUT2D eigenvalue weighted by atomic mass is 10.0. The lowest BCUT2D eigenvalue weighted by Gasteiger charge is -2.29. The number of nitrogens with zero attached hydrogens (tertiary/aromatic N) is 1. The van der Waals surface area contributed by atoms with Crippen molar-refractivity contribution >= 4 is 22.6 Å². The first-order chi connectivity index (χ1) is 15.3. The van der Waals surface area contributed by atoms with E-state index in [1.807, 2.05) is 50.2 Å². The molecular weight excluding hydrogens is 396 g/mol. The first kappa shape index (κ1) is 23.5. The number of carbonyl (C=O) groups excluding carboxylic acids is 2. The van der Waals surface area contributed by atoms with Crippen LogP contribution in [0.1, 0.15) is 43.9 Å². The predicted molar refractivity (Wildman–Crippen MR) is 131 cm³/mol. The molecule has 4 heteroatoms.